The molecular weight excluding hydrogens is 937 g/mol. The van der Waals surface area contributed by atoms with Crippen molar-refractivity contribution < 1.29 is 4.42 Å². The molecule has 0 unspecified atom stereocenters. The summed E-state index contributed by atoms with van der Waals surface area (Å²) in [5.41, 5.74) is 20.3. The zero-order chi connectivity index (χ0) is 50.3. The van der Waals surface area contributed by atoms with E-state index in [1.165, 1.54) is 54.7 Å². The first kappa shape index (κ1) is 42.0. The Balaban J connectivity index is 0.809. The zero-order valence-electron chi connectivity index (χ0n) is 41.6. The standard InChI is InChI=1S/C72H44N4O/c1-3-19-49(20-4-1)73-61-29-11-7-25-53(61)59-43-47(33-37-65(59)73)45-17-15-23-51(41-45)75-63-31-13-9-27-57(63)69-67(75)39-35-55-56-36-40-68-70(72(56)77-71(55)69)58-28-10-14-32-64(58)76(68)52-24-16-18-46(42-52)48-34-38-66-60(44-48)54-26-8-12-30-62(54)74(66)50-21-5-2-6-22-50/h1-44H. The molecule has 0 spiro atoms. The number of aromatic nitrogens is 4. The first-order valence-corrected chi connectivity index (χ1v) is 26.4. The van der Waals surface area contributed by atoms with Crippen LogP contribution in [-0.2, 0) is 0 Å². The van der Waals surface area contributed by atoms with Crippen molar-refractivity contribution in [1.82, 2.24) is 18.3 Å². The smallest absolute Gasteiger partial charge is 0.145 e. The molecule has 0 aliphatic carbocycles. The van der Waals surface area contributed by atoms with Gasteiger partial charge in [0.2, 0.25) is 0 Å². The number of rotatable bonds is 6. The molecule has 5 nitrogen and oxygen atoms in total. The average Bonchev–Trinajstić information content (AvgIpc) is 4.50. The van der Waals surface area contributed by atoms with Crippen LogP contribution < -0.4 is 0 Å². The Labute approximate surface area is 441 Å². The fourth-order valence-electron chi connectivity index (χ4n) is 13.0. The molecule has 5 aromatic heterocycles. The predicted octanol–water partition coefficient (Wildman–Crippen LogP) is 19.3. The molecule has 0 N–H and O–H groups in total. The molecule has 17 aromatic rings. The van der Waals surface area contributed by atoms with Crippen LogP contribution in [0, 0.1) is 0 Å². The summed E-state index contributed by atoms with van der Waals surface area (Å²) in [4.78, 5) is 0. The van der Waals surface area contributed by atoms with Gasteiger partial charge in [0.1, 0.15) is 11.2 Å². The molecular formula is C72H44N4O. The summed E-state index contributed by atoms with van der Waals surface area (Å²) in [5, 5.41) is 11.7. The van der Waals surface area contributed by atoms with E-state index in [9.17, 15) is 0 Å². The van der Waals surface area contributed by atoms with E-state index in [4.69, 9.17) is 4.42 Å². The predicted molar refractivity (Wildman–Crippen MR) is 322 cm³/mol. The molecule has 0 saturated heterocycles. The number of hydrogen-bond acceptors (Lipinski definition) is 1. The third kappa shape index (κ3) is 6.05. The Bertz CT molecular complexity index is 4950. The maximum Gasteiger partial charge on any atom is 0.145 e. The van der Waals surface area contributed by atoms with E-state index in [0.29, 0.717) is 0 Å². The van der Waals surface area contributed by atoms with Gasteiger partial charge >= 0.3 is 0 Å². The van der Waals surface area contributed by atoms with Crippen molar-refractivity contribution >= 4 is 109 Å². The van der Waals surface area contributed by atoms with Crippen LogP contribution in [-0.4, -0.2) is 18.3 Å². The van der Waals surface area contributed by atoms with Crippen LogP contribution in [0.4, 0.5) is 0 Å². The lowest BCUT2D eigenvalue weighted by Gasteiger charge is -2.11. The molecule has 0 radical (unpaired) electrons. The summed E-state index contributed by atoms with van der Waals surface area (Å²) in [5.74, 6) is 0. The van der Waals surface area contributed by atoms with E-state index in [-0.39, 0.29) is 0 Å². The lowest BCUT2D eigenvalue weighted by molar-refractivity contribution is 0.677. The summed E-state index contributed by atoms with van der Waals surface area (Å²) in [6, 6.07) is 97.2. The third-order valence-corrected chi connectivity index (χ3v) is 16.3. The van der Waals surface area contributed by atoms with Crippen LogP contribution >= 0.6 is 0 Å². The fraction of sp³-hybridized carbons (Fsp3) is 0. The van der Waals surface area contributed by atoms with Gasteiger partial charge in [0, 0.05) is 65.8 Å². The first-order chi connectivity index (χ1) is 38.2. The van der Waals surface area contributed by atoms with Gasteiger partial charge in [-0.1, -0.05) is 146 Å². The summed E-state index contributed by atoms with van der Waals surface area (Å²) < 4.78 is 16.9. The minimum Gasteiger partial charge on any atom is -0.455 e. The van der Waals surface area contributed by atoms with E-state index in [1.807, 2.05) is 0 Å². The second-order valence-corrected chi connectivity index (χ2v) is 20.4. The number of benzene rings is 12. The second kappa shape index (κ2) is 16.1. The highest BCUT2D eigenvalue weighted by Gasteiger charge is 2.24. The lowest BCUT2D eigenvalue weighted by atomic mass is 10.0. The van der Waals surface area contributed by atoms with Crippen molar-refractivity contribution in [3.8, 4) is 45.0 Å². The van der Waals surface area contributed by atoms with Crippen LogP contribution in [0.1, 0.15) is 0 Å². The summed E-state index contributed by atoms with van der Waals surface area (Å²) in [6.45, 7) is 0. The molecule has 12 aromatic carbocycles. The third-order valence-electron chi connectivity index (χ3n) is 16.3. The summed E-state index contributed by atoms with van der Waals surface area (Å²) in [7, 11) is 0. The Kier molecular flexibility index (Phi) is 8.77. The quantitative estimate of drug-likeness (QED) is 0.163. The van der Waals surface area contributed by atoms with Crippen LogP contribution in [0.15, 0.2) is 271 Å². The minimum atomic E-state index is 0.902. The lowest BCUT2D eigenvalue weighted by Crippen LogP contribution is -1.94. The normalized spacial score (nSPS) is 12.2. The highest BCUT2D eigenvalue weighted by Crippen LogP contribution is 2.46. The topological polar surface area (TPSA) is 32.9 Å². The van der Waals surface area contributed by atoms with Gasteiger partial charge in [0.05, 0.1) is 54.9 Å². The molecule has 0 aliphatic rings. The van der Waals surface area contributed by atoms with Gasteiger partial charge < -0.3 is 22.7 Å². The van der Waals surface area contributed by atoms with Crippen molar-refractivity contribution in [2.45, 2.75) is 0 Å². The van der Waals surface area contributed by atoms with Crippen molar-refractivity contribution in [2.75, 3.05) is 0 Å². The molecule has 0 fully saturated rings. The van der Waals surface area contributed by atoms with Crippen LogP contribution in [0.2, 0.25) is 0 Å². The van der Waals surface area contributed by atoms with Crippen molar-refractivity contribution in [3.05, 3.63) is 267 Å². The van der Waals surface area contributed by atoms with Gasteiger partial charge in [-0.3, -0.25) is 0 Å². The molecule has 17 rings (SSSR count). The molecule has 358 valence electrons. The van der Waals surface area contributed by atoms with E-state index < -0.39 is 0 Å². The van der Waals surface area contributed by atoms with Crippen LogP contribution in [0.5, 0.6) is 0 Å². The van der Waals surface area contributed by atoms with Gasteiger partial charge in [-0.2, -0.15) is 0 Å². The molecule has 0 saturated carbocycles. The van der Waals surface area contributed by atoms with E-state index >= 15 is 0 Å². The monoisotopic (exact) mass is 980 g/mol. The SMILES string of the molecule is c1ccc(-n2c3ccccc3c3cc(-c4cccc(-n5c6ccccc6c6c7oc8c(ccc9c8c8ccccc8n9-c8cccc(-c9ccc%10c(c9)c9ccccc9n%10-c9ccccc9)c8)c7ccc65)c4)ccc32)cc1. The molecule has 5 heteroatoms. The molecule has 0 aliphatic heterocycles. The molecule has 77 heavy (non-hydrogen) atoms. The highest BCUT2D eigenvalue weighted by atomic mass is 16.3. The largest absolute Gasteiger partial charge is 0.455 e. The van der Waals surface area contributed by atoms with Gasteiger partial charge in [-0.25, -0.2) is 0 Å². The second-order valence-electron chi connectivity index (χ2n) is 20.4. The van der Waals surface area contributed by atoms with Crippen LogP contribution in [0.25, 0.3) is 154 Å². The molecule has 0 amide bonds. The number of furan rings is 1. The maximum absolute atomic E-state index is 7.37. The fourth-order valence-corrected chi connectivity index (χ4v) is 13.0. The Morgan fingerprint density at radius 2 is 0.519 bits per heavy atom. The van der Waals surface area contributed by atoms with Crippen LogP contribution in [0.3, 0.4) is 0 Å². The van der Waals surface area contributed by atoms with Crippen molar-refractivity contribution in [3.63, 3.8) is 0 Å². The molecule has 0 atom stereocenters. The van der Waals surface area contributed by atoms with E-state index in [0.717, 1.165) is 99.4 Å². The van der Waals surface area contributed by atoms with Gasteiger partial charge in [0.25, 0.3) is 0 Å². The Hall–Kier alpha value is -10.4. The number of hydrogen-bond donors (Lipinski definition) is 0. The zero-order valence-corrected chi connectivity index (χ0v) is 41.6. The van der Waals surface area contributed by atoms with E-state index in [2.05, 4.69) is 285 Å². The highest BCUT2D eigenvalue weighted by molar-refractivity contribution is 6.29. The first-order valence-electron chi connectivity index (χ1n) is 26.4. The summed E-state index contributed by atoms with van der Waals surface area (Å²) in [6.07, 6.45) is 0. The average molecular weight is 981 g/mol. The molecule has 5 heterocycles. The number of fused-ring (bicyclic) bond motifs is 17. The number of nitrogens with zero attached hydrogens (tertiary/aromatic N) is 4. The van der Waals surface area contributed by atoms with Crippen molar-refractivity contribution in [2.24, 2.45) is 0 Å². The van der Waals surface area contributed by atoms with Gasteiger partial charge in [0.15, 0.2) is 0 Å². The minimum absolute atomic E-state index is 0.902. The van der Waals surface area contributed by atoms with Gasteiger partial charge in [-0.15, -0.1) is 0 Å². The van der Waals surface area contributed by atoms with E-state index in [1.54, 1.807) is 0 Å². The Morgan fingerprint density at radius 1 is 0.195 bits per heavy atom. The summed E-state index contributed by atoms with van der Waals surface area (Å²) >= 11 is 0. The number of para-hydroxylation sites is 6. The van der Waals surface area contributed by atoms with Crippen molar-refractivity contribution in [1.29, 1.82) is 0 Å². The Morgan fingerprint density at radius 3 is 0.961 bits per heavy atom. The molecule has 0 bridgehead atoms. The van der Waals surface area contributed by atoms with Gasteiger partial charge in [-0.05, 0) is 144 Å². The maximum atomic E-state index is 7.37.